The topological polar surface area (TPSA) is 54.0 Å². The smallest absolute Gasteiger partial charge is 0.255 e. The van der Waals surface area contributed by atoms with E-state index in [9.17, 15) is 18.0 Å². The number of carbonyl (C=O) groups is 1. The summed E-state index contributed by atoms with van der Waals surface area (Å²) in [6.45, 7) is -0.0182. The Labute approximate surface area is 119 Å². The van der Waals surface area contributed by atoms with Gasteiger partial charge in [-0.25, -0.2) is 18.2 Å². The van der Waals surface area contributed by atoms with Crippen molar-refractivity contribution in [3.8, 4) is 0 Å². The second-order valence-electron chi connectivity index (χ2n) is 4.23. The van der Waals surface area contributed by atoms with E-state index in [2.05, 4.69) is 15.6 Å². The summed E-state index contributed by atoms with van der Waals surface area (Å²) in [4.78, 5) is 15.7. The molecule has 21 heavy (non-hydrogen) atoms. The molecular weight excluding hydrogens is 283 g/mol. The van der Waals surface area contributed by atoms with Gasteiger partial charge in [0, 0.05) is 13.6 Å². The van der Waals surface area contributed by atoms with Crippen LogP contribution in [-0.2, 0) is 6.54 Å². The van der Waals surface area contributed by atoms with Crippen LogP contribution in [0, 0.1) is 17.5 Å². The fourth-order valence-electron chi connectivity index (χ4n) is 1.74. The molecule has 0 aliphatic heterocycles. The van der Waals surface area contributed by atoms with Crippen LogP contribution in [0.15, 0.2) is 30.5 Å². The lowest BCUT2D eigenvalue weighted by atomic mass is 10.2. The van der Waals surface area contributed by atoms with E-state index in [4.69, 9.17) is 0 Å². The van der Waals surface area contributed by atoms with Gasteiger partial charge in [0.15, 0.2) is 11.6 Å². The lowest BCUT2D eigenvalue weighted by Gasteiger charge is -2.09. The Bertz CT molecular complexity index is 677. The highest BCUT2D eigenvalue weighted by Gasteiger charge is 2.13. The molecule has 0 radical (unpaired) electrons. The maximum atomic E-state index is 13.1. The monoisotopic (exact) mass is 295 g/mol. The van der Waals surface area contributed by atoms with Crippen molar-refractivity contribution in [3.63, 3.8) is 0 Å². The van der Waals surface area contributed by atoms with E-state index in [0.717, 1.165) is 24.4 Å². The Balaban J connectivity index is 2.11. The lowest BCUT2D eigenvalue weighted by molar-refractivity contribution is 0.0951. The maximum absolute atomic E-state index is 13.1. The van der Waals surface area contributed by atoms with E-state index in [-0.39, 0.29) is 17.9 Å². The Morgan fingerprint density at radius 3 is 2.62 bits per heavy atom. The van der Waals surface area contributed by atoms with Crippen LogP contribution in [0.2, 0.25) is 0 Å². The second-order valence-corrected chi connectivity index (χ2v) is 4.23. The number of nitrogens with one attached hydrogen (secondary N) is 2. The maximum Gasteiger partial charge on any atom is 0.255 e. The zero-order valence-corrected chi connectivity index (χ0v) is 11.1. The molecule has 1 heterocycles. The molecule has 1 aromatic carbocycles. The van der Waals surface area contributed by atoms with Crippen LogP contribution in [0.25, 0.3) is 0 Å². The van der Waals surface area contributed by atoms with Crippen molar-refractivity contribution in [3.05, 3.63) is 59.0 Å². The van der Waals surface area contributed by atoms with Crippen molar-refractivity contribution in [2.45, 2.75) is 6.54 Å². The fraction of sp³-hybridized carbons (Fsp3) is 0.143. The second kappa shape index (κ2) is 6.25. The van der Waals surface area contributed by atoms with Gasteiger partial charge < -0.3 is 10.6 Å². The van der Waals surface area contributed by atoms with E-state index in [0.29, 0.717) is 5.56 Å². The predicted molar refractivity (Wildman–Crippen MR) is 71.3 cm³/mol. The summed E-state index contributed by atoms with van der Waals surface area (Å²) >= 11 is 0. The van der Waals surface area contributed by atoms with Crippen LogP contribution in [0.3, 0.4) is 0 Å². The summed E-state index contributed by atoms with van der Waals surface area (Å²) in [5.41, 5.74) is 0.415. The highest BCUT2D eigenvalue weighted by molar-refractivity contribution is 5.98. The molecule has 0 saturated carbocycles. The number of pyridine rings is 1. The largest absolute Gasteiger partial charge is 0.372 e. The summed E-state index contributed by atoms with van der Waals surface area (Å²) in [5.74, 6) is -2.95. The van der Waals surface area contributed by atoms with Crippen LogP contribution in [0.1, 0.15) is 15.9 Å². The third kappa shape index (κ3) is 3.50. The average molecular weight is 295 g/mol. The molecule has 1 amide bonds. The minimum absolute atomic E-state index is 0.0182. The Morgan fingerprint density at radius 2 is 1.95 bits per heavy atom. The first kappa shape index (κ1) is 14.8. The van der Waals surface area contributed by atoms with Gasteiger partial charge in [0.2, 0.25) is 0 Å². The van der Waals surface area contributed by atoms with Gasteiger partial charge in [-0.05, 0) is 23.8 Å². The zero-order chi connectivity index (χ0) is 15.4. The van der Waals surface area contributed by atoms with Crippen LogP contribution >= 0.6 is 0 Å². The molecule has 0 spiro atoms. The summed E-state index contributed by atoms with van der Waals surface area (Å²) < 4.78 is 39.0. The molecule has 0 bridgehead atoms. The number of halogens is 3. The third-order valence-electron chi connectivity index (χ3n) is 2.77. The normalized spacial score (nSPS) is 10.3. The molecule has 0 saturated heterocycles. The molecule has 0 atom stereocenters. The predicted octanol–water partition coefficient (Wildman–Crippen LogP) is 2.47. The van der Waals surface area contributed by atoms with Crippen molar-refractivity contribution in [1.29, 1.82) is 0 Å². The minimum atomic E-state index is -0.995. The molecule has 7 heteroatoms. The lowest BCUT2D eigenvalue weighted by Crippen LogP contribution is -2.24. The molecular formula is C14H12F3N3O. The Morgan fingerprint density at radius 1 is 1.19 bits per heavy atom. The van der Waals surface area contributed by atoms with Crippen LogP contribution in [-0.4, -0.2) is 17.9 Å². The Kier molecular flexibility index (Phi) is 4.42. The van der Waals surface area contributed by atoms with Gasteiger partial charge in [0.25, 0.3) is 5.91 Å². The van der Waals surface area contributed by atoms with Crippen molar-refractivity contribution < 1.29 is 18.0 Å². The summed E-state index contributed by atoms with van der Waals surface area (Å²) in [5, 5.41) is 5.16. The summed E-state index contributed by atoms with van der Waals surface area (Å²) in [6, 6.07) is 4.35. The number of hydrogen-bond donors (Lipinski definition) is 2. The first-order valence-corrected chi connectivity index (χ1v) is 6.06. The fourth-order valence-corrected chi connectivity index (χ4v) is 1.74. The van der Waals surface area contributed by atoms with Crippen molar-refractivity contribution >= 4 is 11.7 Å². The summed E-state index contributed by atoms with van der Waals surface area (Å²) in [6.07, 6.45) is 0.984. The van der Waals surface area contributed by atoms with Gasteiger partial charge in [-0.2, -0.15) is 0 Å². The van der Waals surface area contributed by atoms with E-state index >= 15 is 0 Å². The molecule has 110 valence electrons. The van der Waals surface area contributed by atoms with E-state index < -0.39 is 23.4 Å². The average Bonchev–Trinajstić information content (AvgIpc) is 2.48. The van der Waals surface area contributed by atoms with Gasteiger partial charge in [-0.1, -0.05) is 6.07 Å². The van der Waals surface area contributed by atoms with Gasteiger partial charge >= 0.3 is 0 Å². The van der Waals surface area contributed by atoms with Crippen molar-refractivity contribution in [2.24, 2.45) is 0 Å². The molecule has 0 fully saturated rings. The minimum Gasteiger partial charge on any atom is -0.372 e. The van der Waals surface area contributed by atoms with Crippen LogP contribution in [0.4, 0.5) is 19.0 Å². The molecule has 4 nitrogen and oxygen atoms in total. The number of rotatable bonds is 4. The number of amides is 1. The molecule has 2 N–H and O–H groups in total. The van der Waals surface area contributed by atoms with E-state index in [1.165, 1.54) is 6.07 Å². The highest BCUT2D eigenvalue weighted by Crippen LogP contribution is 2.13. The molecule has 2 aromatic rings. The highest BCUT2D eigenvalue weighted by atomic mass is 19.2. The van der Waals surface area contributed by atoms with Crippen LogP contribution < -0.4 is 10.6 Å². The van der Waals surface area contributed by atoms with Gasteiger partial charge in [0.1, 0.15) is 11.6 Å². The van der Waals surface area contributed by atoms with Crippen molar-refractivity contribution in [1.82, 2.24) is 10.3 Å². The van der Waals surface area contributed by atoms with E-state index in [1.807, 2.05) is 0 Å². The number of nitrogens with zero attached hydrogens (tertiary/aromatic N) is 1. The van der Waals surface area contributed by atoms with Crippen molar-refractivity contribution in [2.75, 3.05) is 12.4 Å². The van der Waals surface area contributed by atoms with Crippen LogP contribution in [0.5, 0.6) is 0 Å². The number of aromatic nitrogens is 1. The van der Waals surface area contributed by atoms with Gasteiger partial charge in [-0.3, -0.25) is 4.79 Å². The third-order valence-corrected chi connectivity index (χ3v) is 2.77. The summed E-state index contributed by atoms with van der Waals surface area (Å²) in [7, 11) is 1.55. The van der Waals surface area contributed by atoms with Gasteiger partial charge in [0.05, 0.1) is 11.8 Å². The molecule has 0 aliphatic rings. The number of anilines is 1. The number of benzene rings is 1. The standard InChI is InChI=1S/C14H12F3N3O/c1-18-13-10(5-9(15)7-19-13)14(21)20-6-8-2-3-11(16)12(17)4-8/h2-5,7H,6H2,1H3,(H,18,19)(H,20,21). The molecule has 0 aliphatic carbocycles. The first-order chi connectivity index (χ1) is 10.0. The Hall–Kier alpha value is -2.57. The van der Waals surface area contributed by atoms with Gasteiger partial charge in [-0.15, -0.1) is 0 Å². The van der Waals surface area contributed by atoms with E-state index in [1.54, 1.807) is 7.05 Å². The quantitative estimate of drug-likeness (QED) is 0.911. The molecule has 0 unspecified atom stereocenters. The molecule has 2 rings (SSSR count). The molecule has 1 aromatic heterocycles. The SMILES string of the molecule is CNc1ncc(F)cc1C(=O)NCc1ccc(F)c(F)c1. The number of carbonyl (C=O) groups excluding carboxylic acids is 1. The first-order valence-electron chi connectivity index (χ1n) is 6.06. The zero-order valence-electron chi connectivity index (χ0n) is 11.1. The number of hydrogen-bond acceptors (Lipinski definition) is 3.